The van der Waals surface area contributed by atoms with Crippen LogP contribution in [0.25, 0.3) is 0 Å². The lowest BCUT2D eigenvalue weighted by molar-refractivity contribution is 0.625. The fraction of sp³-hybridized carbons (Fsp3) is 1.00. The zero-order valence-electron chi connectivity index (χ0n) is 4.80. The minimum Gasteiger partial charge on any atom is -0.328 e. The fourth-order valence-corrected chi connectivity index (χ4v) is 1.86. The molecule has 0 unspecified atom stereocenters. The minimum atomic E-state index is 0. The molecule has 0 bridgehead atoms. The first-order valence-corrected chi connectivity index (χ1v) is 3.88. The van der Waals surface area contributed by atoms with Crippen LogP contribution in [0.2, 0.25) is 0 Å². The van der Waals surface area contributed by atoms with Gasteiger partial charge in [0.2, 0.25) is 0 Å². The predicted molar refractivity (Wildman–Crippen MR) is 41.8 cm³/mol. The molecular weight excluding hydrogens is 142 g/mol. The molecule has 0 saturated carbocycles. The summed E-state index contributed by atoms with van der Waals surface area (Å²) >= 11 is 2.02. The van der Waals surface area contributed by atoms with Gasteiger partial charge in [0.1, 0.15) is 0 Å². The molecule has 0 aromatic carbocycles. The first-order valence-electron chi connectivity index (χ1n) is 2.73. The highest BCUT2D eigenvalue weighted by molar-refractivity contribution is 7.99. The molecule has 8 heavy (non-hydrogen) atoms. The maximum Gasteiger partial charge on any atom is 0.00545 e. The van der Waals surface area contributed by atoms with Crippen molar-refractivity contribution in [3.63, 3.8) is 0 Å². The Labute approximate surface area is 60.8 Å². The van der Waals surface area contributed by atoms with Crippen LogP contribution in [0.4, 0.5) is 0 Å². The summed E-state index contributed by atoms with van der Waals surface area (Å²) in [6.07, 6.45) is 2.45. The molecule has 2 N–H and O–H groups in total. The summed E-state index contributed by atoms with van der Waals surface area (Å²) in [6, 6.07) is 0.515. The molecule has 0 aromatic heterocycles. The summed E-state index contributed by atoms with van der Waals surface area (Å²) in [6.45, 7) is 0. The number of hydrogen-bond donors (Lipinski definition) is 1. The van der Waals surface area contributed by atoms with Gasteiger partial charge < -0.3 is 5.73 Å². The Morgan fingerprint density at radius 2 is 1.75 bits per heavy atom. The Bertz CT molecular complexity index is 54.4. The van der Waals surface area contributed by atoms with Crippen LogP contribution in [0.1, 0.15) is 12.8 Å². The molecule has 0 amide bonds. The molecule has 50 valence electrons. The van der Waals surface area contributed by atoms with Crippen LogP contribution in [0.5, 0.6) is 0 Å². The topological polar surface area (TPSA) is 26.0 Å². The lowest BCUT2D eigenvalue weighted by atomic mass is 10.2. The third-order valence-electron chi connectivity index (χ3n) is 1.27. The number of thioether (sulfide) groups is 1. The lowest BCUT2D eigenvalue weighted by Gasteiger charge is -2.15. The largest absolute Gasteiger partial charge is 0.328 e. The molecule has 0 spiro atoms. The summed E-state index contributed by atoms with van der Waals surface area (Å²) in [4.78, 5) is 0. The van der Waals surface area contributed by atoms with Crippen molar-refractivity contribution >= 4 is 24.2 Å². The van der Waals surface area contributed by atoms with E-state index in [0.717, 1.165) is 0 Å². The smallest absolute Gasteiger partial charge is 0.00545 e. The SMILES string of the molecule is Cl.NC1CCSCC1. The molecule has 0 atom stereocenters. The Hall–Kier alpha value is 0.600. The van der Waals surface area contributed by atoms with E-state index in [1.165, 1.54) is 24.3 Å². The van der Waals surface area contributed by atoms with Crippen molar-refractivity contribution in [1.82, 2.24) is 0 Å². The molecule has 0 aromatic rings. The van der Waals surface area contributed by atoms with Gasteiger partial charge in [0.05, 0.1) is 0 Å². The van der Waals surface area contributed by atoms with Crippen molar-refractivity contribution in [2.75, 3.05) is 11.5 Å². The summed E-state index contributed by atoms with van der Waals surface area (Å²) in [5, 5.41) is 0. The molecule has 1 aliphatic heterocycles. The Morgan fingerprint density at radius 3 is 2.00 bits per heavy atom. The van der Waals surface area contributed by atoms with E-state index >= 15 is 0 Å². The van der Waals surface area contributed by atoms with Gasteiger partial charge in [-0.05, 0) is 24.3 Å². The zero-order chi connectivity index (χ0) is 5.11. The average Bonchev–Trinajstić information content (AvgIpc) is 1.69. The predicted octanol–water partition coefficient (Wildman–Crippen LogP) is 1.26. The average molecular weight is 154 g/mol. The van der Waals surface area contributed by atoms with Crippen LogP contribution in [0, 0.1) is 0 Å². The van der Waals surface area contributed by atoms with E-state index in [1.807, 2.05) is 11.8 Å². The number of hydrogen-bond acceptors (Lipinski definition) is 2. The highest BCUT2D eigenvalue weighted by Crippen LogP contribution is 2.14. The van der Waals surface area contributed by atoms with E-state index in [-0.39, 0.29) is 12.4 Å². The van der Waals surface area contributed by atoms with Crippen molar-refractivity contribution in [1.29, 1.82) is 0 Å². The van der Waals surface area contributed by atoms with Crippen LogP contribution >= 0.6 is 24.2 Å². The van der Waals surface area contributed by atoms with Crippen molar-refractivity contribution in [2.45, 2.75) is 18.9 Å². The minimum absolute atomic E-state index is 0. The van der Waals surface area contributed by atoms with E-state index in [2.05, 4.69) is 0 Å². The molecule has 1 fully saturated rings. The Kier molecular flexibility index (Phi) is 4.81. The van der Waals surface area contributed by atoms with Crippen LogP contribution in [0.15, 0.2) is 0 Å². The van der Waals surface area contributed by atoms with E-state index in [0.29, 0.717) is 6.04 Å². The van der Waals surface area contributed by atoms with Gasteiger partial charge in [-0.3, -0.25) is 0 Å². The van der Waals surface area contributed by atoms with E-state index in [4.69, 9.17) is 5.73 Å². The van der Waals surface area contributed by atoms with E-state index < -0.39 is 0 Å². The third-order valence-corrected chi connectivity index (χ3v) is 2.31. The molecule has 1 saturated heterocycles. The van der Waals surface area contributed by atoms with Crippen molar-refractivity contribution < 1.29 is 0 Å². The maximum atomic E-state index is 5.62. The van der Waals surface area contributed by atoms with Crippen molar-refractivity contribution in [3.05, 3.63) is 0 Å². The Morgan fingerprint density at radius 1 is 1.25 bits per heavy atom. The highest BCUT2D eigenvalue weighted by Gasteiger charge is 2.06. The first kappa shape index (κ1) is 8.60. The molecule has 0 aliphatic carbocycles. The quantitative estimate of drug-likeness (QED) is 0.567. The standard InChI is InChI=1S/C5H11NS.ClH/c6-5-1-3-7-4-2-5;/h5H,1-4,6H2;1H. The normalized spacial score (nSPS) is 22.1. The lowest BCUT2D eigenvalue weighted by Crippen LogP contribution is -2.24. The summed E-state index contributed by atoms with van der Waals surface area (Å²) < 4.78 is 0. The van der Waals surface area contributed by atoms with E-state index in [9.17, 15) is 0 Å². The molecule has 1 heterocycles. The maximum absolute atomic E-state index is 5.62. The second-order valence-corrected chi connectivity index (χ2v) is 3.17. The van der Waals surface area contributed by atoms with Gasteiger partial charge in [-0.25, -0.2) is 0 Å². The second-order valence-electron chi connectivity index (χ2n) is 1.95. The van der Waals surface area contributed by atoms with Crippen LogP contribution in [-0.2, 0) is 0 Å². The summed E-state index contributed by atoms with van der Waals surface area (Å²) in [5.41, 5.74) is 5.62. The van der Waals surface area contributed by atoms with Crippen LogP contribution in [0.3, 0.4) is 0 Å². The monoisotopic (exact) mass is 153 g/mol. The molecular formula is C5H12ClNS. The van der Waals surface area contributed by atoms with Gasteiger partial charge in [-0.15, -0.1) is 12.4 Å². The third kappa shape index (κ3) is 2.80. The summed E-state index contributed by atoms with van der Waals surface area (Å²) in [5.74, 6) is 2.56. The van der Waals surface area contributed by atoms with Gasteiger partial charge in [-0.2, -0.15) is 11.8 Å². The van der Waals surface area contributed by atoms with Crippen LogP contribution < -0.4 is 5.73 Å². The Balaban J connectivity index is 0.000000490. The zero-order valence-corrected chi connectivity index (χ0v) is 6.43. The van der Waals surface area contributed by atoms with Gasteiger partial charge >= 0.3 is 0 Å². The molecule has 1 aliphatic rings. The van der Waals surface area contributed by atoms with Gasteiger partial charge in [-0.1, -0.05) is 0 Å². The van der Waals surface area contributed by atoms with Crippen LogP contribution in [-0.4, -0.2) is 17.5 Å². The molecule has 1 nitrogen and oxygen atoms in total. The number of halogens is 1. The van der Waals surface area contributed by atoms with Crippen molar-refractivity contribution in [2.24, 2.45) is 5.73 Å². The number of nitrogens with two attached hydrogens (primary N) is 1. The van der Waals surface area contributed by atoms with E-state index in [1.54, 1.807) is 0 Å². The molecule has 1 rings (SSSR count). The number of rotatable bonds is 0. The van der Waals surface area contributed by atoms with Gasteiger partial charge in [0.25, 0.3) is 0 Å². The fourth-order valence-electron chi connectivity index (χ4n) is 0.716. The molecule has 0 radical (unpaired) electrons. The highest BCUT2D eigenvalue weighted by atomic mass is 35.5. The molecule has 3 heteroatoms. The van der Waals surface area contributed by atoms with Gasteiger partial charge in [0, 0.05) is 6.04 Å². The van der Waals surface area contributed by atoms with Crippen molar-refractivity contribution in [3.8, 4) is 0 Å². The van der Waals surface area contributed by atoms with Gasteiger partial charge in [0.15, 0.2) is 0 Å². The first-order chi connectivity index (χ1) is 3.39. The second kappa shape index (κ2) is 4.48. The summed E-state index contributed by atoms with van der Waals surface area (Å²) in [7, 11) is 0.